The first-order valence-corrected chi connectivity index (χ1v) is 5.40. The summed E-state index contributed by atoms with van der Waals surface area (Å²) < 4.78 is 0. The highest BCUT2D eigenvalue weighted by atomic mass is 35.5. The lowest BCUT2D eigenvalue weighted by atomic mass is 10.3. The van der Waals surface area contributed by atoms with Crippen molar-refractivity contribution in [2.24, 2.45) is 0 Å². The van der Waals surface area contributed by atoms with Crippen LogP contribution >= 0.6 is 11.6 Å². The zero-order valence-corrected chi connectivity index (χ0v) is 9.57. The van der Waals surface area contributed by atoms with Crippen molar-refractivity contribution in [2.45, 2.75) is 13.8 Å². The van der Waals surface area contributed by atoms with Crippen LogP contribution in [0.2, 0.25) is 5.02 Å². The van der Waals surface area contributed by atoms with Crippen molar-refractivity contribution in [1.29, 1.82) is 0 Å². The second-order valence-electron chi connectivity index (χ2n) is 3.24. The van der Waals surface area contributed by atoms with Crippen LogP contribution in [0.4, 0.5) is 0 Å². The molecule has 0 fully saturated rings. The second kappa shape index (κ2) is 4.06. The van der Waals surface area contributed by atoms with Crippen molar-refractivity contribution < 1.29 is 0 Å². The second-order valence-corrected chi connectivity index (χ2v) is 3.68. The van der Waals surface area contributed by atoms with Gasteiger partial charge in [0.05, 0.1) is 0 Å². The molecule has 0 saturated carbocycles. The Morgan fingerprint density at radius 2 is 1.87 bits per heavy atom. The Hall–Kier alpha value is -1.29. The van der Waals surface area contributed by atoms with Crippen LogP contribution in [-0.4, -0.2) is 28.2 Å². The summed E-state index contributed by atoms with van der Waals surface area (Å²) in [7, 11) is 0. The van der Waals surface area contributed by atoms with Gasteiger partial charge < -0.3 is 0 Å². The maximum atomic E-state index is 5.88. The Morgan fingerprint density at radius 1 is 1.20 bits per heavy atom. The van der Waals surface area contributed by atoms with E-state index in [9.17, 15) is 0 Å². The van der Waals surface area contributed by atoms with Crippen molar-refractivity contribution in [3.8, 4) is 0 Å². The van der Waals surface area contributed by atoms with E-state index in [2.05, 4.69) is 24.0 Å². The van der Waals surface area contributed by atoms with Gasteiger partial charge in [-0.25, -0.2) is 0 Å². The third-order valence-electron chi connectivity index (χ3n) is 2.31. The molecule has 1 aromatic heterocycles. The monoisotopic (exact) mass is 224 g/mol. The van der Waals surface area contributed by atoms with Gasteiger partial charge in [-0.2, -0.15) is 0 Å². The highest BCUT2D eigenvalue weighted by Crippen LogP contribution is 2.15. The van der Waals surface area contributed by atoms with Gasteiger partial charge in [0.15, 0.2) is 0 Å². The van der Waals surface area contributed by atoms with Gasteiger partial charge in [-0.1, -0.05) is 16.5 Å². The van der Waals surface area contributed by atoms with E-state index in [0.717, 1.165) is 24.1 Å². The average molecular weight is 225 g/mol. The Kier molecular flexibility index (Phi) is 2.77. The summed E-state index contributed by atoms with van der Waals surface area (Å²) in [5.74, 6) is 0. The van der Waals surface area contributed by atoms with Crippen molar-refractivity contribution in [2.75, 3.05) is 18.1 Å². The first-order chi connectivity index (χ1) is 7.24. The molecule has 0 unspecified atom stereocenters. The Labute approximate surface area is 93.4 Å². The molecule has 1 aromatic carbocycles. The first-order valence-electron chi connectivity index (χ1n) is 5.02. The number of aromatic nitrogens is 3. The third kappa shape index (κ3) is 1.90. The maximum Gasteiger partial charge on any atom is 0.116 e. The predicted molar refractivity (Wildman–Crippen MR) is 61.8 cm³/mol. The van der Waals surface area contributed by atoms with Gasteiger partial charge in [-0.3, -0.25) is 5.01 Å². The topological polar surface area (TPSA) is 34.0 Å². The molecule has 0 saturated heterocycles. The number of halogens is 1. The molecule has 2 aromatic rings. The summed E-state index contributed by atoms with van der Waals surface area (Å²) in [5.41, 5.74) is 1.70. The van der Waals surface area contributed by atoms with E-state index in [0.29, 0.717) is 5.02 Å². The largest absolute Gasteiger partial charge is 0.280 e. The summed E-state index contributed by atoms with van der Waals surface area (Å²) in [5, 5.41) is 11.5. The molecule has 0 bridgehead atoms. The molecular formula is C10H13ClN4. The molecule has 1 heterocycles. The fourth-order valence-corrected chi connectivity index (χ4v) is 1.65. The third-order valence-corrected chi connectivity index (χ3v) is 2.55. The van der Waals surface area contributed by atoms with E-state index in [1.54, 1.807) is 4.91 Å². The van der Waals surface area contributed by atoms with Crippen LogP contribution < -0.4 is 5.01 Å². The molecule has 0 spiro atoms. The van der Waals surface area contributed by atoms with Crippen LogP contribution in [0.25, 0.3) is 11.0 Å². The van der Waals surface area contributed by atoms with E-state index in [1.807, 2.05) is 23.2 Å². The summed E-state index contributed by atoms with van der Waals surface area (Å²) in [4.78, 5) is 1.64. The molecule has 15 heavy (non-hydrogen) atoms. The minimum Gasteiger partial charge on any atom is -0.280 e. The van der Waals surface area contributed by atoms with Crippen molar-refractivity contribution in [1.82, 2.24) is 15.1 Å². The molecule has 0 radical (unpaired) electrons. The smallest absolute Gasteiger partial charge is 0.116 e. The van der Waals surface area contributed by atoms with Crippen molar-refractivity contribution >= 4 is 22.6 Å². The van der Waals surface area contributed by atoms with Crippen LogP contribution in [0.15, 0.2) is 18.2 Å². The summed E-state index contributed by atoms with van der Waals surface area (Å²) in [6, 6.07) is 5.53. The lowest BCUT2D eigenvalue weighted by molar-refractivity contribution is 0.499. The van der Waals surface area contributed by atoms with Gasteiger partial charge in [-0.15, -0.1) is 10.2 Å². The number of nitrogens with zero attached hydrogens (tertiary/aromatic N) is 4. The number of hydrogen-bond donors (Lipinski definition) is 0. The Balaban J connectivity index is 2.46. The zero-order chi connectivity index (χ0) is 10.8. The predicted octanol–water partition coefficient (Wildman–Crippen LogP) is 2.06. The highest BCUT2D eigenvalue weighted by Gasteiger charge is 2.06. The molecule has 2 rings (SSSR count). The first kappa shape index (κ1) is 10.2. The van der Waals surface area contributed by atoms with Crippen LogP contribution in [0.3, 0.4) is 0 Å². The van der Waals surface area contributed by atoms with E-state index >= 15 is 0 Å². The van der Waals surface area contributed by atoms with E-state index in [-0.39, 0.29) is 0 Å². The van der Waals surface area contributed by atoms with Gasteiger partial charge in [0, 0.05) is 18.1 Å². The number of fused-ring (bicyclic) bond motifs is 1. The Morgan fingerprint density at radius 3 is 2.53 bits per heavy atom. The fourth-order valence-electron chi connectivity index (χ4n) is 1.48. The molecule has 4 nitrogen and oxygen atoms in total. The van der Waals surface area contributed by atoms with Crippen LogP contribution in [-0.2, 0) is 0 Å². The lowest BCUT2D eigenvalue weighted by Crippen LogP contribution is -2.35. The quantitative estimate of drug-likeness (QED) is 0.801. The van der Waals surface area contributed by atoms with Crippen molar-refractivity contribution in [3.63, 3.8) is 0 Å². The zero-order valence-electron chi connectivity index (χ0n) is 8.81. The molecule has 5 heteroatoms. The van der Waals surface area contributed by atoms with Crippen LogP contribution in [0.5, 0.6) is 0 Å². The summed E-state index contributed by atoms with van der Waals surface area (Å²) in [6.45, 7) is 5.91. The van der Waals surface area contributed by atoms with E-state index in [4.69, 9.17) is 11.6 Å². The number of benzene rings is 1. The minimum absolute atomic E-state index is 0.689. The molecule has 0 amide bonds. The van der Waals surface area contributed by atoms with Crippen LogP contribution in [0, 0.1) is 0 Å². The molecule has 0 aliphatic heterocycles. The molecular weight excluding hydrogens is 212 g/mol. The summed E-state index contributed by atoms with van der Waals surface area (Å²) >= 11 is 5.88. The highest BCUT2D eigenvalue weighted by molar-refractivity contribution is 6.31. The fraction of sp³-hybridized carbons (Fsp3) is 0.400. The molecule has 80 valence electrons. The molecule has 0 atom stereocenters. The van der Waals surface area contributed by atoms with Gasteiger partial charge in [0.2, 0.25) is 0 Å². The van der Waals surface area contributed by atoms with Gasteiger partial charge in [0.1, 0.15) is 11.0 Å². The van der Waals surface area contributed by atoms with Crippen molar-refractivity contribution in [3.05, 3.63) is 23.2 Å². The average Bonchev–Trinajstić information content (AvgIpc) is 2.62. The van der Waals surface area contributed by atoms with E-state index in [1.165, 1.54) is 0 Å². The van der Waals surface area contributed by atoms with Crippen LogP contribution in [0.1, 0.15) is 13.8 Å². The summed E-state index contributed by atoms with van der Waals surface area (Å²) in [6.07, 6.45) is 0. The SMILES string of the molecule is CCN(CC)n1nc2ccc(Cl)cc2n1. The Bertz CT molecular complexity index is 461. The number of hydrogen-bond acceptors (Lipinski definition) is 3. The maximum absolute atomic E-state index is 5.88. The standard InChI is InChI=1S/C10H13ClN4/c1-3-14(4-2)15-12-9-6-5-8(11)7-10(9)13-15/h5-7H,3-4H2,1-2H3. The number of rotatable bonds is 3. The van der Waals surface area contributed by atoms with E-state index < -0.39 is 0 Å². The van der Waals surface area contributed by atoms with Gasteiger partial charge in [0.25, 0.3) is 0 Å². The van der Waals surface area contributed by atoms with Gasteiger partial charge in [-0.05, 0) is 32.0 Å². The minimum atomic E-state index is 0.689. The normalized spacial score (nSPS) is 10.9. The molecule has 0 aliphatic carbocycles. The molecule has 0 N–H and O–H groups in total. The molecule has 0 aliphatic rings. The van der Waals surface area contributed by atoms with Gasteiger partial charge >= 0.3 is 0 Å². The lowest BCUT2D eigenvalue weighted by Gasteiger charge is -2.17.